The maximum Gasteiger partial charge on any atom is 0.195 e. The fourth-order valence-corrected chi connectivity index (χ4v) is 1.55. The first-order chi connectivity index (χ1) is 7.79. The topological polar surface area (TPSA) is 37.3 Å². The van der Waals surface area contributed by atoms with Crippen LogP contribution in [0.2, 0.25) is 0 Å². The third kappa shape index (κ3) is 3.65. The summed E-state index contributed by atoms with van der Waals surface area (Å²) in [5.74, 6) is -0.271. The molecule has 2 aromatic carbocycles. The van der Waals surface area contributed by atoms with Crippen LogP contribution in [0, 0.1) is 0 Å². The largest absolute Gasteiger partial charge is 0.380 e. The van der Waals surface area contributed by atoms with Gasteiger partial charge in [0.2, 0.25) is 0 Å². The molecule has 2 radical (unpaired) electrons. The van der Waals surface area contributed by atoms with Crippen molar-refractivity contribution in [1.82, 2.24) is 0 Å². The van der Waals surface area contributed by atoms with Crippen LogP contribution < -0.4 is 0 Å². The number of benzene rings is 2. The number of carbonyl (C=O) groups is 1. The van der Waals surface area contributed by atoms with E-state index in [0.717, 1.165) is 0 Å². The first kappa shape index (κ1) is 14.4. The predicted molar refractivity (Wildman–Crippen MR) is 67.9 cm³/mol. The number of hydrogen-bond donors (Lipinski definition) is 1. The van der Waals surface area contributed by atoms with Crippen molar-refractivity contribution in [3.8, 4) is 0 Å². The van der Waals surface area contributed by atoms with E-state index < -0.39 is 6.10 Å². The van der Waals surface area contributed by atoms with E-state index in [-0.39, 0.29) is 43.5 Å². The zero-order chi connectivity index (χ0) is 11.4. The molecule has 0 aliphatic rings. The molecule has 1 atom stereocenters. The average Bonchev–Trinajstić information content (AvgIpc) is 2.39. The Morgan fingerprint density at radius 2 is 1.35 bits per heavy atom. The molecular weight excluding hydrogens is 240 g/mol. The fraction of sp³-hybridized carbons (Fsp3) is 0.0714. The molecule has 1 unspecified atom stereocenters. The van der Waals surface area contributed by atoms with E-state index >= 15 is 0 Å². The van der Waals surface area contributed by atoms with Crippen LogP contribution in [0.1, 0.15) is 22.0 Å². The normalized spacial score (nSPS) is 11.4. The first-order valence-electron chi connectivity index (χ1n) is 5.11. The van der Waals surface area contributed by atoms with Crippen LogP contribution in [0.15, 0.2) is 60.7 Å². The number of carbonyl (C=O) groups excluding carboxylic acids is 1. The third-order valence-corrected chi connectivity index (χ3v) is 2.42. The molecule has 2 rings (SSSR count). The summed E-state index contributed by atoms with van der Waals surface area (Å²) in [6, 6.07) is 17.7. The molecule has 0 aliphatic heterocycles. The maximum atomic E-state index is 11.9. The monoisotopic (exact) mass is 252 g/mol. The van der Waals surface area contributed by atoms with Gasteiger partial charge in [0.15, 0.2) is 5.78 Å². The Morgan fingerprint density at radius 3 is 1.88 bits per heavy atom. The van der Waals surface area contributed by atoms with Crippen LogP contribution in [0.4, 0.5) is 0 Å². The van der Waals surface area contributed by atoms with Crippen LogP contribution in [-0.2, 0) is 0 Å². The van der Waals surface area contributed by atoms with E-state index in [4.69, 9.17) is 0 Å². The molecule has 1 N–H and O–H groups in total. The van der Waals surface area contributed by atoms with Crippen LogP contribution in [0.3, 0.4) is 0 Å². The van der Waals surface area contributed by atoms with E-state index in [1.165, 1.54) is 0 Å². The second-order valence-corrected chi connectivity index (χ2v) is 3.54. The number of aliphatic hydroxyl groups is 1. The van der Waals surface area contributed by atoms with Crippen LogP contribution >= 0.6 is 0 Å². The molecule has 0 aliphatic carbocycles. The van der Waals surface area contributed by atoms with Crippen molar-refractivity contribution >= 4 is 43.5 Å². The van der Waals surface area contributed by atoms with E-state index in [2.05, 4.69) is 0 Å². The van der Waals surface area contributed by atoms with Crippen molar-refractivity contribution in [2.24, 2.45) is 0 Å². The smallest absolute Gasteiger partial charge is 0.195 e. The molecule has 2 nitrogen and oxygen atoms in total. The zero-order valence-corrected chi connectivity index (χ0v) is 11.6. The van der Waals surface area contributed by atoms with Gasteiger partial charge in [0.25, 0.3) is 0 Å². The minimum absolute atomic E-state index is 0. The molecule has 0 saturated heterocycles. The number of ketones is 1. The van der Waals surface area contributed by atoms with Gasteiger partial charge in [-0.2, -0.15) is 0 Å². The van der Waals surface area contributed by atoms with E-state index in [1.807, 2.05) is 12.1 Å². The summed E-state index contributed by atoms with van der Waals surface area (Å²) < 4.78 is 0. The Balaban J connectivity index is 0.00000144. The summed E-state index contributed by atoms with van der Waals surface area (Å²) in [5.41, 5.74) is 1.15. The first-order valence-corrected chi connectivity index (χ1v) is 5.11. The van der Waals surface area contributed by atoms with Gasteiger partial charge in [-0.1, -0.05) is 60.7 Å². The van der Waals surface area contributed by atoms with Crippen molar-refractivity contribution in [2.75, 3.05) is 0 Å². The van der Waals surface area contributed by atoms with Gasteiger partial charge in [0.05, 0.1) is 0 Å². The molecule has 82 valence electrons. The standard InChI is InChI=1S/C14H12O2.Ca/c15-13(11-7-3-1-4-8-11)14(16)12-9-5-2-6-10-12;/h1-10,13,15H;. The number of rotatable bonds is 3. The van der Waals surface area contributed by atoms with Gasteiger partial charge in [0.1, 0.15) is 6.10 Å². The fourth-order valence-electron chi connectivity index (χ4n) is 1.55. The molecule has 0 aromatic heterocycles. The second-order valence-electron chi connectivity index (χ2n) is 3.54. The Hall–Kier alpha value is -0.670. The minimum Gasteiger partial charge on any atom is -0.380 e. The van der Waals surface area contributed by atoms with Crippen LogP contribution in [0.5, 0.6) is 0 Å². The van der Waals surface area contributed by atoms with E-state index in [9.17, 15) is 9.90 Å². The Morgan fingerprint density at radius 1 is 0.882 bits per heavy atom. The van der Waals surface area contributed by atoms with Gasteiger partial charge in [-0.3, -0.25) is 4.79 Å². The van der Waals surface area contributed by atoms with Gasteiger partial charge in [-0.05, 0) is 5.56 Å². The quantitative estimate of drug-likeness (QED) is 0.672. The van der Waals surface area contributed by atoms with Crippen molar-refractivity contribution in [3.05, 3.63) is 71.8 Å². The van der Waals surface area contributed by atoms with Gasteiger partial charge in [0, 0.05) is 43.3 Å². The summed E-state index contributed by atoms with van der Waals surface area (Å²) >= 11 is 0. The van der Waals surface area contributed by atoms with Crippen LogP contribution in [0.25, 0.3) is 0 Å². The summed E-state index contributed by atoms with van der Waals surface area (Å²) in [6.45, 7) is 0. The number of hydrogen-bond acceptors (Lipinski definition) is 2. The Kier molecular flexibility index (Phi) is 5.86. The Bertz CT molecular complexity index is 468. The molecule has 0 spiro atoms. The third-order valence-electron chi connectivity index (χ3n) is 2.42. The van der Waals surface area contributed by atoms with Gasteiger partial charge >= 0.3 is 0 Å². The van der Waals surface area contributed by atoms with Crippen molar-refractivity contribution in [3.63, 3.8) is 0 Å². The molecule has 0 fully saturated rings. The molecule has 0 heterocycles. The maximum absolute atomic E-state index is 11.9. The van der Waals surface area contributed by atoms with E-state index in [0.29, 0.717) is 11.1 Å². The summed E-state index contributed by atoms with van der Waals surface area (Å²) in [6.07, 6.45) is -1.08. The predicted octanol–water partition coefficient (Wildman–Crippen LogP) is 2.22. The molecule has 0 saturated carbocycles. The number of aliphatic hydroxyl groups excluding tert-OH is 1. The van der Waals surface area contributed by atoms with Crippen LogP contribution in [-0.4, -0.2) is 48.6 Å². The van der Waals surface area contributed by atoms with Crippen molar-refractivity contribution in [1.29, 1.82) is 0 Å². The Labute approximate surface area is 130 Å². The second kappa shape index (κ2) is 6.92. The minimum atomic E-state index is -1.08. The molecule has 3 heteroatoms. The van der Waals surface area contributed by atoms with Gasteiger partial charge < -0.3 is 5.11 Å². The SMILES string of the molecule is O=C(c1ccccc1)C(O)c1ccccc1.[Ca]. The van der Waals surface area contributed by atoms with Crippen molar-refractivity contribution < 1.29 is 9.90 Å². The van der Waals surface area contributed by atoms with Gasteiger partial charge in [-0.15, -0.1) is 0 Å². The molecule has 17 heavy (non-hydrogen) atoms. The molecular formula is C14H12CaO2. The van der Waals surface area contributed by atoms with E-state index in [1.54, 1.807) is 48.5 Å². The summed E-state index contributed by atoms with van der Waals surface area (Å²) in [5, 5.41) is 9.89. The van der Waals surface area contributed by atoms with Gasteiger partial charge in [-0.25, -0.2) is 0 Å². The van der Waals surface area contributed by atoms with Crippen molar-refractivity contribution in [2.45, 2.75) is 6.10 Å². The summed E-state index contributed by atoms with van der Waals surface area (Å²) in [4.78, 5) is 11.9. The molecule has 0 amide bonds. The number of Topliss-reactive ketones (excluding diaryl/α,β-unsaturated/α-hetero) is 1. The average molecular weight is 252 g/mol. The molecule has 2 aromatic rings. The summed E-state index contributed by atoms with van der Waals surface area (Å²) in [7, 11) is 0. The molecule has 0 bridgehead atoms. The zero-order valence-electron chi connectivity index (χ0n) is 9.41.